The number of hydrogen-bond donors (Lipinski definition) is 0. The molecule has 0 bridgehead atoms. The normalized spacial score (nSPS) is 21.0. The standard InChI is InChI=1S/C21H28N4O3S/c1-23(16-18-5-3-2-4-6-18)19-9-10-25(17-19)29(26,27)20-7-8-21(22-15-20)24-11-13-28-14-12-24/h2-8,15,19H,9-14,16-17H2,1H3. The van der Waals surface area contributed by atoms with Gasteiger partial charge in [-0.25, -0.2) is 13.4 Å². The monoisotopic (exact) mass is 416 g/mol. The third-order valence-corrected chi connectivity index (χ3v) is 7.57. The van der Waals surface area contributed by atoms with Crippen LogP contribution in [0.3, 0.4) is 0 Å². The van der Waals surface area contributed by atoms with E-state index in [2.05, 4.69) is 34.0 Å². The molecule has 2 aliphatic rings. The van der Waals surface area contributed by atoms with Gasteiger partial charge in [-0.2, -0.15) is 4.31 Å². The first-order chi connectivity index (χ1) is 14.0. The van der Waals surface area contributed by atoms with Crippen LogP contribution in [0.2, 0.25) is 0 Å². The summed E-state index contributed by atoms with van der Waals surface area (Å²) in [5.41, 5.74) is 1.24. The van der Waals surface area contributed by atoms with E-state index in [4.69, 9.17) is 4.74 Å². The van der Waals surface area contributed by atoms with E-state index in [9.17, 15) is 8.42 Å². The van der Waals surface area contributed by atoms with Gasteiger partial charge in [-0.15, -0.1) is 0 Å². The highest BCUT2D eigenvalue weighted by atomic mass is 32.2. The Bertz CT molecular complexity index is 899. The zero-order chi connectivity index (χ0) is 20.3. The first-order valence-electron chi connectivity index (χ1n) is 10.1. The van der Waals surface area contributed by atoms with E-state index >= 15 is 0 Å². The second-order valence-corrected chi connectivity index (χ2v) is 9.60. The van der Waals surface area contributed by atoms with Gasteiger partial charge in [-0.05, 0) is 31.2 Å². The molecule has 2 aliphatic heterocycles. The molecule has 3 heterocycles. The van der Waals surface area contributed by atoms with Crippen LogP contribution < -0.4 is 4.90 Å². The van der Waals surface area contributed by atoms with Crippen molar-refractivity contribution in [3.05, 3.63) is 54.2 Å². The van der Waals surface area contributed by atoms with Crippen molar-refractivity contribution in [1.82, 2.24) is 14.2 Å². The highest BCUT2D eigenvalue weighted by Crippen LogP contribution is 2.25. The Labute approximate surface area is 172 Å². The maximum absolute atomic E-state index is 13.1. The quantitative estimate of drug-likeness (QED) is 0.716. The van der Waals surface area contributed by atoms with Crippen LogP contribution in [0, 0.1) is 0 Å². The maximum atomic E-state index is 13.1. The van der Waals surface area contributed by atoms with Crippen molar-refractivity contribution in [3.63, 3.8) is 0 Å². The molecule has 8 heteroatoms. The molecule has 0 amide bonds. The van der Waals surface area contributed by atoms with Crippen molar-refractivity contribution < 1.29 is 13.2 Å². The number of pyridine rings is 1. The Balaban J connectivity index is 1.40. The average molecular weight is 417 g/mol. The van der Waals surface area contributed by atoms with Gasteiger partial charge in [-0.3, -0.25) is 4.90 Å². The van der Waals surface area contributed by atoms with Crippen LogP contribution in [0.1, 0.15) is 12.0 Å². The van der Waals surface area contributed by atoms with E-state index in [1.165, 1.54) is 11.8 Å². The Morgan fingerprint density at radius 3 is 2.55 bits per heavy atom. The number of nitrogens with zero attached hydrogens (tertiary/aromatic N) is 4. The maximum Gasteiger partial charge on any atom is 0.244 e. The lowest BCUT2D eigenvalue weighted by Crippen LogP contribution is -2.37. The van der Waals surface area contributed by atoms with Gasteiger partial charge < -0.3 is 9.64 Å². The lowest BCUT2D eigenvalue weighted by molar-refractivity contribution is 0.122. The van der Waals surface area contributed by atoms with E-state index in [0.717, 1.165) is 31.9 Å². The lowest BCUT2D eigenvalue weighted by Gasteiger charge is -2.28. The fourth-order valence-corrected chi connectivity index (χ4v) is 5.38. The molecule has 0 saturated carbocycles. The summed E-state index contributed by atoms with van der Waals surface area (Å²) in [6.07, 6.45) is 2.32. The van der Waals surface area contributed by atoms with Crippen molar-refractivity contribution >= 4 is 15.8 Å². The first-order valence-corrected chi connectivity index (χ1v) is 11.5. The minimum absolute atomic E-state index is 0.213. The summed E-state index contributed by atoms with van der Waals surface area (Å²) < 4.78 is 33.1. The topological polar surface area (TPSA) is 66.0 Å². The fourth-order valence-electron chi connectivity index (χ4n) is 3.94. The highest BCUT2D eigenvalue weighted by Gasteiger charge is 2.34. The highest BCUT2D eigenvalue weighted by molar-refractivity contribution is 7.89. The van der Waals surface area contributed by atoms with E-state index in [0.29, 0.717) is 26.3 Å². The zero-order valence-corrected chi connectivity index (χ0v) is 17.6. The smallest absolute Gasteiger partial charge is 0.244 e. The lowest BCUT2D eigenvalue weighted by atomic mass is 10.1. The number of ether oxygens (including phenoxy) is 1. The van der Waals surface area contributed by atoms with Gasteiger partial charge in [0.15, 0.2) is 0 Å². The summed E-state index contributed by atoms with van der Waals surface area (Å²) >= 11 is 0. The Morgan fingerprint density at radius 1 is 1.10 bits per heavy atom. The molecule has 1 unspecified atom stereocenters. The molecule has 2 fully saturated rings. The van der Waals surface area contributed by atoms with Gasteiger partial charge in [0.05, 0.1) is 13.2 Å². The Morgan fingerprint density at radius 2 is 1.86 bits per heavy atom. The Kier molecular flexibility index (Phi) is 6.15. The molecule has 156 valence electrons. The second-order valence-electron chi connectivity index (χ2n) is 7.66. The molecular formula is C21H28N4O3S. The number of likely N-dealkylation sites (N-methyl/N-ethyl adjacent to an activating group) is 1. The predicted molar refractivity (Wildman–Crippen MR) is 112 cm³/mol. The largest absolute Gasteiger partial charge is 0.378 e. The van der Waals surface area contributed by atoms with E-state index in [1.807, 2.05) is 18.2 Å². The van der Waals surface area contributed by atoms with Crippen LogP contribution >= 0.6 is 0 Å². The minimum Gasteiger partial charge on any atom is -0.378 e. The fraction of sp³-hybridized carbons (Fsp3) is 0.476. The van der Waals surface area contributed by atoms with E-state index in [1.54, 1.807) is 16.4 Å². The number of aromatic nitrogens is 1. The SMILES string of the molecule is CN(Cc1ccccc1)C1CCN(S(=O)(=O)c2ccc(N3CCOCC3)nc2)C1. The van der Waals surface area contributed by atoms with Crippen LogP contribution in [0.4, 0.5) is 5.82 Å². The molecule has 1 aromatic carbocycles. The molecule has 2 saturated heterocycles. The third kappa shape index (κ3) is 4.61. The Hall–Kier alpha value is -2.00. The second kappa shape index (κ2) is 8.79. The van der Waals surface area contributed by atoms with Crippen molar-refractivity contribution in [1.29, 1.82) is 0 Å². The summed E-state index contributed by atoms with van der Waals surface area (Å²) in [6, 6.07) is 14.0. The summed E-state index contributed by atoms with van der Waals surface area (Å²) in [6.45, 7) is 4.77. The molecule has 0 spiro atoms. The molecule has 0 N–H and O–H groups in total. The molecule has 7 nitrogen and oxygen atoms in total. The van der Waals surface area contributed by atoms with Gasteiger partial charge in [-0.1, -0.05) is 30.3 Å². The molecule has 2 aromatic rings. The van der Waals surface area contributed by atoms with Gasteiger partial charge in [0.1, 0.15) is 10.7 Å². The summed E-state index contributed by atoms with van der Waals surface area (Å²) in [5, 5.41) is 0. The third-order valence-electron chi connectivity index (χ3n) is 5.72. The van der Waals surface area contributed by atoms with E-state index < -0.39 is 10.0 Å². The molecule has 0 radical (unpaired) electrons. The number of hydrogen-bond acceptors (Lipinski definition) is 6. The molecule has 1 aromatic heterocycles. The van der Waals surface area contributed by atoms with Gasteiger partial charge in [0, 0.05) is 45.0 Å². The van der Waals surface area contributed by atoms with Crippen LogP contribution in [-0.4, -0.2) is 75.1 Å². The molecule has 29 heavy (non-hydrogen) atoms. The molecule has 0 aliphatic carbocycles. The summed E-state index contributed by atoms with van der Waals surface area (Å²) in [4.78, 5) is 9.02. The number of morpholine rings is 1. The van der Waals surface area contributed by atoms with Crippen LogP contribution in [0.5, 0.6) is 0 Å². The summed E-state index contributed by atoms with van der Waals surface area (Å²) in [5.74, 6) is 0.800. The van der Waals surface area contributed by atoms with Crippen molar-refractivity contribution in [2.45, 2.75) is 23.9 Å². The molecular weight excluding hydrogens is 388 g/mol. The van der Waals surface area contributed by atoms with Crippen LogP contribution in [-0.2, 0) is 21.3 Å². The molecule has 1 atom stereocenters. The first kappa shape index (κ1) is 20.3. The predicted octanol–water partition coefficient (Wildman–Crippen LogP) is 1.81. The van der Waals surface area contributed by atoms with Crippen molar-refractivity contribution in [2.75, 3.05) is 51.3 Å². The molecule has 4 rings (SSSR count). The summed E-state index contributed by atoms with van der Waals surface area (Å²) in [7, 11) is -1.46. The van der Waals surface area contributed by atoms with Crippen LogP contribution in [0.25, 0.3) is 0 Å². The van der Waals surface area contributed by atoms with Crippen molar-refractivity contribution in [2.24, 2.45) is 0 Å². The number of sulfonamides is 1. The number of rotatable bonds is 6. The average Bonchev–Trinajstić information content (AvgIpc) is 3.27. The zero-order valence-electron chi connectivity index (χ0n) is 16.8. The van der Waals surface area contributed by atoms with Crippen molar-refractivity contribution in [3.8, 4) is 0 Å². The number of anilines is 1. The van der Waals surface area contributed by atoms with Gasteiger partial charge in [0.25, 0.3) is 0 Å². The minimum atomic E-state index is -3.52. The van der Waals surface area contributed by atoms with E-state index in [-0.39, 0.29) is 10.9 Å². The van der Waals surface area contributed by atoms with Gasteiger partial charge in [0.2, 0.25) is 10.0 Å². The number of benzene rings is 1. The van der Waals surface area contributed by atoms with Crippen LogP contribution in [0.15, 0.2) is 53.6 Å². The van der Waals surface area contributed by atoms with Gasteiger partial charge >= 0.3 is 0 Å².